The average Bonchev–Trinajstić information content (AvgIpc) is 3.18. The predicted molar refractivity (Wildman–Crippen MR) is 157 cm³/mol. The number of alkyl carbamates (subject to hydrolysis) is 1. The van der Waals surface area contributed by atoms with Gasteiger partial charge < -0.3 is 19.7 Å². The van der Waals surface area contributed by atoms with E-state index >= 15 is 0 Å². The zero-order chi connectivity index (χ0) is 29.9. The molecule has 1 fully saturated rings. The molecule has 1 saturated heterocycles. The van der Waals surface area contributed by atoms with Gasteiger partial charge in [0.2, 0.25) is 0 Å². The molecule has 2 heterocycles. The van der Waals surface area contributed by atoms with Crippen LogP contribution in [-0.4, -0.2) is 66.5 Å². The van der Waals surface area contributed by atoms with Crippen LogP contribution in [0.2, 0.25) is 0 Å². The Labute approximate surface area is 244 Å². The van der Waals surface area contributed by atoms with E-state index in [1.165, 1.54) is 17.3 Å². The zero-order valence-electron chi connectivity index (χ0n) is 23.9. The zero-order valence-corrected chi connectivity index (χ0v) is 26.3. The Kier molecular flexibility index (Phi) is 9.56. The van der Waals surface area contributed by atoms with Gasteiger partial charge in [-0.1, -0.05) is 23.8 Å². The second-order valence-electron chi connectivity index (χ2n) is 10.7. The SMILES string of the molecule is CC=CN=C(c1c(Br)cn(S(=O)(=O)c2ccc(C)cc2)c1C)N1CCC(NC(=O)OC(C)(C)C)(C(=O)OC)CC1. The molecule has 1 amide bonds. The largest absolute Gasteiger partial charge is 0.467 e. The highest BCUT2D eigenvalue weighted by atomic mass is 79.9. The van der Waals surface area contributed by atoms with Crippen LogP contribution in [0.25, 0.3) is 0 Å². The molecule has 2 aromatic rings. The highest BCUT2D eigenvalue weighted by molar-refractivity contribution is 9.10. The normalized spacial score (nSPS) is 16.2. The number of aryl methyl sites for hydroxylation is 1. The number of piperidine rings is 1. The Bertz CT molecular complexity index is 1410. The van der Waals surface area contributed by atoms with Crippen LogP contribution < -0.4 is 5.32 Å². The number of esters is 1. The van der Waals surface area contributed by atoms with Crippen LogP contribution in [0.3, 0.4) is 0 Å². The quantitative estimate of drug-likeness (QED) is 0.272. The van der Waals surface area contributed by atoms with Crippen molar-refractivity contribution in [2.24, 2.45) is 4.99 Å². The van der Waals surface area contributed by atoms with Crippen LogP contribution in [0.1, 0.15) is 57.4 Å². The lowest BCUT2D eigenvalue weighted by Gasteiger charge is -2.41. The molecule has 0 radical (unpaired) electrons. The van der Waals surface area contributed by atoms with Gasteiger partial charge in [-0.3, -0.25) is 0 Å². The number of ether oxygens (including phenoxy) is 2. The third-order valence-corrected chi connectivity index (χ3v) is 8.91. The van der Waals surface area contributed by atoms with E-state index in [-0.39, 0.29) is 17.7 Å². The average molecular weight is 638 g/mol. The summed E-state index contributed by atoms with van der Waals surface area (Å²) in [5.41, 5.74) is 0.0447. The van der Waals surface area contributed by atoms with E-state index in [9.17, 15) is 18.0 Å². The van der Waals surface area contributed by atoms with Crippen molar-refractivity contribution < 1.29 is 27.5 Å². The van der Waals surface area contributed by atoms with Crippen LogP contribution in [0.15, 0.2) is 57.1 Å². The lowest BCUT2D eigenvalue weighted by atomic mass is 9.87. The standard InChI is InChI=1S/C28H37BrN4O6S/c1-8-15-30-24(23-20(3)33(18-22(23)29)40(36,37)21-11-9-19(2)10-12-21)32-16-13-28(14-17-32,25(34)38-7)31-26(35)39-27(4,5)6/h8-12,15,18H,13-14,16-17H2,1-7H3,(H,31,35). The number of hydrogen-bond acceptors (Lipinski definition) is 7. The summed E-state index contributed by atoms with van der Waals surface area (Å²) in [4.78, 5) is 32.3. The van der Waals surface area contributed by atoms with Gasteiger partial charge in [0.1, 0.15) is 17.0 Å². The fourth-order valence-electron chi connectivity index (χ4n) is 4.51. The third-order valence-electron chi connectivity index (χ3n) is 6.54. The molecule has 0 atom stereocenters. The molecule has 0 spiro atoms. The van der Waals surface area contributed by atoms with Gasteiger partial charge in [-0.05, 0) is 82.4 Å². The van der Waals surface area contributed by atoms with Crippen molar-refractivity contribution in [1.29, 1.82) is 0 Å². The van der Waals surface area contributed by atoms with Crippen molar-refractivity contribution in [3.8, 4) is 0 Å². The van der Waals surface area contributed by atoms with Crippen molar-refractivity contribution >= 4 is 43.9 Å². The summed E-state index contributed by atoms with van der Waals surface area (Å²) in [5.74, 6) is -0.0197. The lowest BCUT2D eigenvalue weighted by molar-refractivity contribution is -0.150. The molecule has 12 heteroatoms. The summed E-state index contributed by atoms with van der Waals surface area (Å²) < 4.78 is 39.3. The molecule has 218 valence electrons. The second-order valence-corrected chi connectivity index (χ2v) is 13.3. The highest BCUT2D eigenvalue weighted by Gasteiger charge is 2.45. The summed E-state index contributed by atoms with van der Waals surface area (Å²) >= 11 is 3.56. The molecule has 10 nitrogen and oxygen atoms in total. The topological polar surface area (TPSA) is 119 Å². The Morgan fingerprint density at radius 1 is 1.12 bits per heavy atom. The third kappa shape index (κ3) is 6.77. The molecule has 0 unspecified atom stereocenters. The minimum Gasteiger partial charge on any atom is -0.467 e. The summed E-state index contributed by atoms with van der Waals surface area (Å²) in [6, 6.07) is 6.68. The first-order chi connectivity index (χ1) is 18.6. The predicted octanol–water partition coefficient (Wildman–Crippen LogP) is 4.92. The fourth-order valence-corrected chi connectivity index (χ4v) is 6.72. The van der Waals surface area contributed by atoms with E-state index in [0.717, 1.165) is 5.56 Å². The van der Waals surface area contributed by atoms with Gasteiger partial charge in [0, 0.05) is 35.7 Å². The number of halogens is 1. The smallest absolute Gasteiger partial charge is 0.408 e. The monoisotopic (exact) mass is 636 g/mol. The highest BCUT2D eigenvalue weighted by Crippen LogP contribution is 2.32. The number of nitrogens with zero attached hydrogens (tertiary/aromatic N) is 3. The summed E-state index contributed by atoms with van der Waals surface area (Å²) in [6.45, 7) is 11.4. The number of hydrogen-bond donors (Lipinski definition) is 1. The van der Waals surface area contributed by atoms with E-state index in [1.54, 1.807) is 64.2 Å². The lowest BCUT2D eigenvalue weighted by Crippen LogP contribution is -2.61. The number of carbonyl (C=O) groups excluding carboxylic acids is 2. The molecule has 3 rings (SSSR count). The minimum absolute atomic E-state index is 0.177. The molecule has 1 aliphatic rings. The van der Waals surface area contributed by atoms with Crippen molar-refractivity contribution in [2.75, 3.05) is 20.2 Å². The van der Waals surface area contributed by atoms with E-state index in [2.05, 4.69) is 26.2 Å². The molecule has 0 aliphatic carbocycles. The summed E-state index contributed by atoms with van der Waals surface area (Å²) in [7, 11) is -2.58. The maximum Gasteiger partial charge on any atom is 0.408 e. The Morgan fingerprint density at radius 3 is 2.25 bits per heavy atom. The molecule has 0 bridgehead atoms. The maximum absolute atomic E-state index is 13.5. The van der Waals surface area contributed by atoms with Gasteiger partial charge in [0.25, 0.3) is 10.0 Å². The fraction of sp³-hybridized carbons (Fsp3) is 0.464. The second kappa shape index (κ2) is 12.2. The van der Waals surface area contributed by atoms with Crippen molar-refractivity contribution in [1.82, 2.24) is 14.2 Å². The molecule has 1 aliphatic heterocycles. The van der Waals surface area contributed by atoms with Gasteiger partial charge in [-0.25, -0.2) is 27.0 Å². The first-order valence-electron chi connectivity index (χ1n) is 12.9. The van der Waals surface area contributed by atoms with Crippen molar-refractivity contribution in [3.63, 3.8) is 0 Å². The van der Waals surface area contributed by atoms with E-state index in [1.807, 2.05) is 18.7 Å². The van der Waals surface area contributed by atoms with Crippen LogP contribution in [0.4, 0.5) is 4.79 Å². The first kappa shape index (κ1) is 31.4. The van der Waals surface area contributed by atoms with Crippen LogP contribution >= 0.6 is 15.9 Å². The van der Waals surface area contributed by atoms with Gasteiger partial charge >= 0.3 is 12.1 Å². The molecular weight excluding hydrogens is 600 g/mol. The van der Waals surface area contributed by atoms with E-state index in [4.69, 9.17) is 9.47 Å². The van der Waals surface area contributed by atoms with Gasteiger partial charge in [-0.15, -0.1) is 0 Å². The van der Waals surface area contributed by atoms with E-state index in [0.29, 0.717) is 34.7 Å². The number of methoxy groups -OCH3 is 1. The number of aromatic nitrogens is 1. The van der Waals surface area contributed by atoms with Crippen molar-refractivity contribution in [2.45, 2.75) is 70.4 Å². The number of allylic oxidation sites excluding steroid dienone is 1. The number of carbonyl (C=O) groups is 2. The van der Waals surface area contributed by atoms with Gasteiger partial charge in [0.15, 0.2) is 0 Å². The maximum atomic E-state index is 13.5. The van der Waals surface area contributed by atoms with Gasteiger partial charge in [-0.2, -0.15) is 0 Å². The number of likely N-dealkylation sites (tertiary alicyclic amines) is 1. The van der Waals surface area contributed by atoms with Crippen LogP contribution in [0.5, 0.6) is 0 Å². The molecule has 0 saturated carbocycles. The number of benzene rings is 1. The number of aliphatic imine (C=N–C) groups is 1. The Morgan fingerprint density at radius 2 is 1.73 bits per heavy atom. The van der Waals surface area contributed by atoms with Crippen molar-refractivity contribution in [3.05, 3.63) is 64.0 Å². The summed E-state index contributed by atoms with van der Waals surface area (Å²) in [6.07, 6.45) is 4.69. The number of nitrogens with one attached hydrogen (secondary N) is 1. The molecule has 1 N–H and O–H groups in total. The number of amides is 1. The van der Waals surface area contributed by atoms with Crippen LogP contribution in [-0.2, 0) is 24.3 Å². The first-order valence-corrected chi connectivity index (χ1v) is 15.1. The number of amidine groups is 1. The minimum atomic E-state index is -3.86. The Balaban J connectivity index is 1.96. The van der Waals surface area contributed by atoms with Gasteiger partial charge in [0.05, 0.1) is 17.6 Å². The van der Waals surface area contributed by atoms with E-state index < -0.39 is 33.2 Å². The molecular formula is C28H37BrN4O6S. The molecule has 40 heavy (non-hydrogen) atoms. The Hall–Kier alpha value is -3.12. The molecule has 1 aromatic carbocycles. The van der Waals surface area contributed by atoms with Crippen LogP contribution in [0, 0.1) is 13.8 Å². The molecule has 1 aromatic heterocycles. The number of rotatable bonds is 6. The summed E-state index contributed by atoms with van der Waals surface area (Å²) in [5, 5.41) is 2.74.